The van der Waals surface area contributed by atoms with Crippen molar-refractivity contribution in [3.8, 4) is 5.75 Å². The van der Waals surface area contributed by atoms with E-state index in [9.17, 15) is 4.79 Å². The van der Waals surface area contributed by atoms with Crippen LogP contribution in [0.15, 0.2) is 29.2 Å². The van der Waals surface area contributed by atoms with Crippen LogP contribution in [0.2, 0.25) is 0 Å². The average Bonchev–Trinajstić information content (AvgIpc) is 2.19. The van der Waals surface area contributed by atoms with Gasteiger partial charge in [-0.25, -0.2) is 4.79 Å². The molecule has 0 heterocycles. The molecule has 0 radical (unpaired) electrons. The van der Waals surface area contributed by atoms with Crippen LogP contribution in [0.4, 0.5) is 0 Å². The summed E-state index contributed by atoms with van der Waals surface area (Å²) in [6.45, 7) is 0. The first-order valence-corrected chi connectivity index (χ1v) is 4.80. The van der Waals surface area contributed by atoms with E-state index in [1.807, 2.05) is 0 Å². The van der Waals surface area contributed by atoms with Gasteiger partial charge in [-0.05, 0) is 24.3 Å². The second-order valence-corrected chi connectivity index (χ2v) is 3.77. The van der Waals surface area contributed by atoms with Crippen molar-refractivity contribution in [2.24, 2.45) is 5.73 Å². The SMILES string of the molecule is COc1ccc(SC(N)C(=O)O)cc1. The van der Waals surface area contributed by atoms with Gasteiger partial charge in [0.05, 0.1) is 7.11 Å². The summed E-state index contributed by atoms with van der Waals surface area (Å²) in [5.41, 5.74) is 5.35. The quantitative estimate of drug-likeness (QED) is 0.580. The number of carboxylic acid groups (broad SMARTS) is 1. The second-order valence-electron chi connectivity index (χ2n) is 2.55. The van der Waals surface area contributed by atoms with Crippen LogP contribution in [0, 0.1) is 0 Å². The highest BCUT2D eigenvalue weighted by Crippen LogP contribution is 2.23. The van der Waals surface area contributed by atoms with Crippen molar-refractivity contribution in [1.82, 2.24) is 0 Å². The number of ether oxygens (including phenoxy) is 1. The highest BCUT2D eigenvalue weighted by atomic mass is 32.2. The first kappa shape index (κ1) is 10.9. The summed E-state index contributed by atoms with van der Waals surface area (Å²) in [5.74, 6) is -0.288. The van der Waals surface area contributed by atoms with E-state index in [4.69, 9.17) is 15.6 Å². The minimum absolute atomic E-state index is 0.734. The van der Waals surface area contributed by atoms with Gasteiger partial charge in [0.2, 0.25) is 0 Å². The van der Waals surface area contributed by atoms with E-state index in [1.54, 1.807) is 31.4 Å². The maximum absolute atomic E-state index is 10.5. The van der Waals surface area contributed by atoms with Gasteiger partial charge in [0.15, 0.2) is 5.37 Å². The van der Waals surface area contributed by atoms with Gasteiger partial charge >= 0.3 is 5.97 Å². The Morgan fingerprint density at radius 3 is 2.50 bits per heavy atom. The van der Waals surface area contributed by atoms with Gasteiger partial charge in [0.25, 0.3) is 0 Å². The maximum atomic E-state index is 10.5. The van der Waals surface area contributed by atoms with Crippen LogP contribution in [0.1, 0.15) is 0 Å². The number of hydrogen-bond acceptors (Lipinski definition) is 4. The van der Waals surface area contributed by atoms with Crippen molar-refractivity contribution in [1.29, 1.82) is 0 Å². The number of carbonyl (C=O) groups is 1. The predicted molar refractivity (Wildman–Crippen MR) is 54.5 cm³/mol. The molecule has 0 aliphatic carbocycles. The zero-order valence-corrected chi connectivity index (χ0v) is 8.45. The molecule has 1 unspecified atom stereocenters. The summed E-state index contributed by atoms with van der Waals surface area (Å²) in [5, 5.41) is 7.65. The van der Waals surface area contributed by atoms with Crippen molar-refractivity contribution < 1.29 is 14.6 Å². The lowest BCUT2D eigenvalue weighted by Gasteiger charge is -2.06. The molecule has 0 aliphatic rings. The Balaban J connectivity index is 2.64. The number of hydrogen-bond donors (Lipinski definition) is 2. The van der Waals surface area contributed by atoms with Crippen molar-refractivity contribution in [2.45, 2.75) is 10.3 Å². The van der Waals surface area contributed by atoms with Crippen molar-refractivity contribution in [3.63, 3.8) is 0 Å². The standard InChI is InChI=1S/C9H11NO3S/c1-13-6-2-4-7(5-3-6)14-8(10)9(11)12/h2-5,8H,10H2,1H3,(H,11,12). The van der Waals surface area contributed by atoms with E-state index < -0.39 is 11.3 Å². The van der Waals surface area contributed by atoms with Crippen LogP contribution in [0.3, 0.4) is 0 Å². The summed E-state index contributed by atoms with van der Waals surface area (Å²) < 4.78 is 4.96. The Morgan fingerprint density at radius 2 is 2.07 bits per heavy atom. The van der Waals surface area contributed by atoms with Gasteiger partial charge < -0.3 is 15.6 Å². The van der Waals surface area contributed by atoms with Crippen LogP contribution < -0.4 is 10.5 Å². The molecule has 1 aromatic carbocycles. The molecule has 1 aromatic rings. The number of rotatable bonds is 4. The number of benzene rings is 1. The first-order valence-electron chi connectivity index (χ1n) is 3.92. The third kappa shape index (κ3) is 2.93. The topological polar surface area (TPSA) is 72.5 Å². The van der Waals surface area contributed by atoms with Crippen molar-refractivity contribution >= 4 is 17.7 Å². The molecular weight excluding hydrogens is 202 g/mol. The molecular formula is C9H11NO3S. The molecule has 3 N–H and O–H groups in total. The van der Waals surface area contributed by atoms with Crippen molar-refractivity contribution in [2.75, 3.05) is 7.11 Å². The molecule has 1 rings (SSSR count). The molecule has 4 nitrogen and oxygen atoms in total. The molecule has 5 heteroatoms. The van der Waals surface area contributed by atoms with Gasteiger partial charge in [0.1, 0.15) is 5.75 Å². The Bertz CT molecular complexity index is 312. The lowest BCUT2D eigenvalue weighted by molar-refractivity contribution is -0.136. The normalized spacial score (nSPS) is 12.1. The Morgan fingerprint density at radius 1 is 1.50 bits per heavy atom. The van der Waals surface area contributed by atoms with E-state index in [2.05, 4.69) is 0 Å². The predicted octanol–water partition coefficient (Wildman–Crippen LogP) is 1.16. The van der Waals surface area contributed by atoms with Gasteiger partial charge in [-0.3, -0.25) is 0 Å². The summed E-state index contributed by atoms with van der Waals surface area (Å²) in [7, 11) is 1.57. The highest BCUT2D eigenvalue weighted by molar-refractivity contribution is 8.00. The minimum Gasteiger partial charge on any atom is -0.497 e. The zero-order chi connectivity index (χ0) is 10.6. The third-order valence-electron chi connectivity index (χ3n) is 1.57. The fourth-order valence-electron chi connectivity index (χ4n) is 0.851. The van der Waals surface area contributed by atoms with Crippen LogP contribution in [0.5, 0.6) is 5.75 Å². The van der Waals surface area contributed by atoms with Crippen LogP contribution in [-0.2, 0) is 4.79 Å². The van der Waals surface area contributed by atoms with Crippen LogP contribution in [0.25, 0.3) is 0 Å². The molecule has 0 saturated carbocycles. The maximum Gasteiger partial charge on any atom is 0.331 e. The molecule has 0 amide bonds. The monoisotopic (exact) mass is 213 g/mol. The van der Waals surface area contributed by atoms with E-state index in [0.717, 1.165) is 22.4 Å². The lowest BCUT2D eigenvalue weighted by atomic mass is 10.3. The Labute approximate surface area is 86.1 Å². The second kappa shape index (κ2) is 4.88. The number of methoxy groups -OCH3 is 1. The third-order valence-corrected chi connectivity index (χ3v) is 2.57. The molecule has 0 aromatic heterocycles. The molecule has 14 heavy (non-hydrogen) atoms. The van der Waals surface area contributed by atoms with E-state index in [0.29, 0.717) is 0 Å². The van der Waals surface area contributed by atoms with Crippen LogP contribution in [-0.4, -0.2) is 23.6 Å². The molecule has 0 saturated heterocycles. The Kier molecular flexibility index (Phi) is 3.79. The largest absolute Gasteiger partial charge is 0.497 e. The summed E-state index contributed by atoms with van der Waals surface area (Å²) in [4.78, 5) is 11.3. The van der Waals surface area contributed by atoms with E-state index in [1.165, 1.54) is 0 Å². The van der Waals surface area contributed by atoms with Gasteiger partial charge in [0, 0.05) is 4.90 Å². The van der Waals surface area contributed by atoms with E-state index in [-0.39, 0.29) is 0 Å². The van der Waals surface area contributed by atoms with Gasteiger partial charge in [-0.15, -0.1) is 0 Å². The molecule has 76 valence electrons. The molecule has 0 fully saturated rings. The molecule has 0 spiro atoms. The summed E-state index contributed by atoms with van der Waals surface area (Å²) >= 11 is 1.09. The summed E-state index contributed by atoms with van der Waals surface area (Å²) in [6, 6.07) is 7.06. The fraction of sp³-hybridized carbons (Fsp3) is 0.222. The molecule has 1 atom stereocenters. The van der Waals surface area contributed by atoms with Crippen LogP contribution >= 0.6 is 11.8 Å². The smallest absolute Gasteiger partial charge is 0.331 e. The fourth-order valence-corrected chi connectivity index (χ4v) is 1.54. The van der Waals surface area contributed by atoms with E-state index >= 15 is 0 Å². The molecule has 0 bridgehead atoms. The average molecular weight is 213 g/mol. The number of aliphatic carboxylic acids is 1. The van der Waals surface area contributed by atoms with Gasteiger partial charge in [-0.2, -0.15) is 0 Å². The zero-order valence-electron chi connectivity index (χ0n) is 7.64. The Hall–Kier alpha value is -1.20. The number of carboxylic acids is 1. The highest BCUT2D eigenvalue weighted by Gasteiger charge is 2.12. The minimum atomic E-state index is -1.02. The first-order chi connectivity index (χ1) is 6.63. The summed E-state index contributed by atoms with van der Waals surface area (Å²) in [6.07, 6.45) is 0. The van der Waals surface area contributed by atoms with Crippen molar-refractivity contribution in [3.05, 3.63) is 24.3 Å². The number of thioether (sulfide) groups is 1. The lowest BCUT2D eigenvalue weighted by Crippen LogP contribution is -2.25. The van der Waals surface area contributed by atoms with Gasteiger partial charge in [-0.1, -0.05) is 11.8 Å². The number of nitrogens with two attached hydrogens (primary N) is 1. The molecule has 0 aliphatic heterocycles.